The molecular weight excluding hydrogens is 232 g/mol. The van der Waals surface area contributed by atoms with Crippen LogP contribution in [0.2, 0.25) is 0 Å². The standard InChI is InChI=1S/C14H14O4/c1-2-11(10-6-4-3-5-7-10)14(13(16)17)9-8-12(15)18-14/h2-7,11H,1,8-9H2,(H,16,17)/t11-,14-/m0/s1. The van der Waals surface area contributed by atoms with Gasteiger partial charge in [0.2, 0.25) is 5.60 Å². The van der Waals surface area contributed by atoms with Crippen molar-refractivity contribution in [3.63, 3.8) is 0 Å². The molecule has 1 saturated heterocycles. The Morgan fingerprint density at radius 3 is 2.56 bits per heavy atom. The Labute approximate surface area is 105 Å². The lowest BCUT2D eigenvalue weighted by Gasteiger charge is -2.30. The molecule has 1 fully saturated rings. The molecule has 1 aliphatic heterocycles. The van der Waals surface area contributed by atoms with Gasteiger partial charge >= 0.3 is 11.9 Å². The molecule has 94 valence electrons. The van der Waals surface area contributed by atoms with Gasteiger partial charge < -0.3 is 9.84 Å². The van der Waals surface area contributed by atoms with Crippen molar-refractivity contribution in [1.82, 2.24) is 0 Å². The highest BCUT2D eigenvalue weighted by atomic mass is 16.6. The van der Waals surface area contributed by atoms with Crippen LogP contribution in [0.1, 0.15) is 24.3 Å². The zero-order chi connectivity index (χ0) is 13.2. The minimum absolute atomic E-state index is 0.128. The third kappa shape index (κ3) is 1.90. The maximum absolute atomic E-state index is 11.5. The Bertz CT molecular complexity index is 480. The van der Waals surface area contributed by atoms with E-state index in [1.807, 2.05) is 30.3 Å². The van der Waals surface area contributed by atoms with Gasteiger partial charge in [0.1, 0.15) is 0 Å². The lowest BCUT2D eigenvalue weighted by atomic mass is 9.80. The first-order chi connectivity index (χ1) is 8.60. The molecule has 0 spiro atoms. The molecule has 1 aromatic rings. The lowest BCUT2D eigenvalue weighted by Crippen LogP contribution is -2.43. The summed E-state index contributed by atoms with van der Waals surface area (Å²) in [5.41, 5.74) is -0.732. The number of ether oxygens (including phenoxy) is 1. The zero-order valence-corrected chi connectivity index (χ0v) is 9.83. The van der Waals surface area contributed by atoms with Crippen LogP contribution in [0.3, 0.4) is 0 Å². The number of carbonyl (C=O) groups is 2. The molecule has 0 saturated carbocycles. The maximum Gasteiger partial charge on any atom is 0.349 e. The van der Waals surface area contributed by atoms with E-state index in [4.69, 9.17) is 4.74 Å². The molecule has 18 heavy (non-hydrogen) atoms. The smallest absolute Gasteiger partial charge is 0.349 e. The van der Waals surface area contributed by atoms with Crippen molar-refractivity contribution in [2.75, 3.05) is 0 Å². The Morgan fingerprint density at radius 2 is 2.11 bits per heavy atom. The summed E-state index contributed by atoms with van der Waals surface area (Å²) in [5.74, 6) is -2.13. The maximum atomic E-state index is 11.5. The van der Waals surface area contributed by atoms with Crippen molar-refractivity contribution < 1.29 is 19.4 Å². The minimum Gasteiger partial charge on any atom is -0.478 e. The first kappa shape index (κ1) is 12.4. The molecule has 1 aliphatic rings. The van der Waals surface area contributed by atoms with Crippen molar-refractivity contribution in [2.24, 2.45) is 0 Å². The summed E-state index contributed by atoms with van der Waals surface area (Å²) in [7, 11) is 0. The summed E-state index contributed by atoms with van der Waals surface area (Å²) in [6, 6.07) is 9.10. The van der Waals surface area contributed by atoms with Crippen molar-refractivity contribution in [1.29, 1.82) is 0 Å². The SMILES string of the molecule is C=C[C@@H](c1ccccc1)[C@]1(C(=O)O)CCC(=O)O1. The second kappa shape index (κ2) is 4.64. The van der Waals surface area contributed by atoms with Gasteiger partial charge in [0.25, 0.3) is 0 Å². The van der Waals surface area contributed by atoms with E-state index in [0.717, 1.165) is 5.56 Å². The van der Waals surface area contributed by atoms with Crippen LogP contribution < -0.4 is 0 Å². The molecule has 4 heteroatoms. The number of benzene rings is 1. The number of esters is 1. The summed E-state index contributed by atoms with van der Waals surface area (Å²) in [5, 5.41) is 9.42. The Balaban J connectivity index is 2.44. The van der Waals surface area contributed by atoms with E-state index >= 15 is 0 Å². The third-order valence-corrected chi connectivity index (χ3v) is 3.26. The van der Waals surface area contributed by atoms with Crippen molar-refractivity contribution in [3.8, 4) is 0 Å². The molecule has 0 radical (unpaired) electrons. The van der Waals surface area contributed by atoms with E-state index in [9.17, 15) is 14.7 Å². The number of carboxylic acid groups (broad SMARTS) is 1. The van der Waals surface area contributed by atoms with E-state index < -0.39 is 23.5 Å². The molecule has 0 unspecified atom stereocenters. The van der Waals surface area contributed by atoms with Gasteiger partial charge in [-0.25, -0.2) is 4.79 Å². The van der Waals surface area contributed by atoms with Gasteiger partial charge in [0.15, 0.2) is 0 Å². The highest BCUT2D eigenvalue weighted by Crippen LogP contribution is 2.40. The minimum atomic E-state index is -1.51. The second-order valence-corrected chi connectivity index (χ2v) is 4.29. The summed E-state index contributed by atoms with van der Waals surface area (Å²) in [4.78, 5) is 22.8. The molecule has 4 nitrogen and oxygen atoms in total. The quantitative estimate of drug-likeness (QED) is 0.653. The largest absolute Gasteiger partial charge is 0.478 e. The van der Waals surface area contributed by atoms with Crippen molar-refractivity contribution in [2.45, 2.75) is 24.4 Å². The van der Waals surface area contributed by atoms with E-state index in [2.05, 4.69) is 6.58 Å². The van der Waals surface area contributed by atoms with Gasteiger partial charge in [-0.05, 0) is 5.56 Å². The molecule has 1 N–H and O–H groups in total. The van der Waals surface area contributed by atoms with Crippen LogP contribution in [0.4, 0.5) is 0 Å². The summed E-state index contributed by atoms with van der Waals surface area (Å²) in [6.45, 7) is 3.68. The van der Waals surface area contributed by atoms with E-state index in [0.29, 0.717) is 0 Å². The monoisotopic (exact) mass is 246 g/mol. The van der Waals surface area contributed by atoms with Crippen LogP contribution in [0.15, 0.2) is 43.0 Å². The van der Waals surface area contributed by atoms with Gasteiger partial charge in [-0.1, -0.05) is 36.4 Å². The predicted molar refractivity (Wildman–Crippen MR) is 65.1 cm³/mol. The second-order valence-electron chi connectivity index (χ2n) is 4.29. The van der Waals surface area contributed by atoms with Crippen molar-refractivity contribution in [3.05, 3.63) is 48.6 Å². The predicted octanol–water partition coefficient (Wildman–Crippen LogP) is 2.12. The van der Waals surface area contributed by atoms with Gasteiger partial charge in [-0.15, -0.1) is 6.58 Å². The van der Waals surface area contributed by atoms with Gasteiger partial charge in [-0.3, -0.25) is 4.79 Å². The first-order valence-electron chi connectivity index (χ1n) is 5.73. The molecule has 1 aromatic carbocycles. The molecule has 0 aliphatic carbocycles. The Hall–Kier alpha value is -2.10. The molecule has 2 atom stereocenters. The van der Waals surface area contributed by atoms with E-state index in [-0.39, 0.29) is 12.8 Å². The highest BCUT2D eigenvalue weighted by Gasteiger charge is 2.53. The molecule has 2 rings (SSSR count). The number of rotatable bonds is 4. The lowest BCUT2D eigenvalue weighted by molar-refractivity contribution is -0.170. The van der Waals surface area contributed by atoms with Gasteiger partial charge in [0, 0.05) is 12.8 Å². The number of hydrogen-bond donors (Lipinski definition) is 1. The first-order valence-corrected chi connectivity index (χ1v) is 5.73. The van der Waals surface area contributed by atoms with Crippen LogP contribution in [0, 0.1) is 0 Å². The van der Waals surface area contributed by atoms with Crippen LogP contribution in [-0.2, 0) is 14.3 Å². The fourth-order valence-corrected chi connectivity index (χ4v) is 2.35. The van der Waals surface area contributed by atoms with E-state index in [1.165, 1.54) is 6.08 Å². The van der Waals surface area contributed by atoms with Crippen molar-refractivity contribution >= 4 is 11.9 Å². The fourth-order valence-electron chi connectivity index (χ4n) is 2.35. The average molecular weight is 246 g/mol. The van der Waals surface area contributed by atoms with Crippen LogP contribution in [0.25, 0.3) is 0 Å². The van der Waals surface area contributed by atoms with Gasteiger partial charge in [-0.2, -0.15) is 0 Å². The zero-order valence-electron chi connectivity index (χ0n) is 9.83. The number of aliphatic carboxylic acids is 1. The molecule has 1 heterocycles. The number of cyclic esters (lactones) is 1. The fraction of sp³-hybridized carbons (Fsp3) is 0.286. The van der Waals surface area contributed by atoms with E-state index in [1.54, 1.807) is 0 Å². The average Bonchev–Trinajstić information content (AvgIpc) is 2.75. The third-order valence-electron chi connectivity index (χ3n) is 3.26. The Morgan fingerprint density at radius 1 is 1.44 bits per heavy atom. The number of carboxylic acids is 1. The molecule has 0 aromatic heterocycles. The number of hydrogen-bond acceptors (Lipinski definition) is 3. The number of carbonyl (C=O) groups excluding carboxylic acids is 1. The van der Waals surface area contributed by atoms with Crippen LogP contribution >= 0.6 is 0 Å². The molecule has 0 bridgehead atoms. The topological polar surface area (TPSA) is 63.6 Å². The summed E-state index contributed by atoms with van der Waals surface area (Å²) in [6.07, 6.45) is 1.83. The van der Waals surface area contributed by atoms with Gasteiger partial charge in [0.05, 0.1) is 5.92 Å². The highest BCUT2D eigenvalue weighted by molar-refractivity contribution is 5.87. The molecule has 0 amide bonds. The van der Waals surface area contributed by atoms with Crippen LogP contribution in [-0.4, -0.2) is 22.6 Å². The Kier molecular flexibility index (Phi) is 3.19. The summed E-state index contributed by atoms with van der Waals surface area (Å²) >= 11 is 0. The molecular formula is C14H14O4. The van der Waals surface area contributed by atoms with Crippen LogP contribution in [0.5, 0.6) is 0 Å². The summed E-state index contributed by atoms with van der Waals surface area (Å²) < 4.78 is 5.11. The normalized spacial score (nSPS) is 24.3.